The second kappa shape index (κ2) is 10.9. The molecule has 1 N–H and O–H groups in total. The number of ether oxygens (including phenoxy) is 2. The molecule has 0 radical (unpaired) electrons. The molecule has 36 heavy (non-hydrogen) atoms. The van der Waals surface area contributed by atoms with Crippen molar-refractivity contribution in [1.82, 2.24) is 4.90 Å². The first-order valence-corrected chi connectivity index (χ1v) is 11.7. The minimum atomic E-state index is -0.907. The number of carbonyl (C=O) groups is 3. The maximum atomic E-state index is 13.4. The SMILES string of the molecule is COc1ccc(CCN2C(=O)N(c3ccc(C)cc3)C(=O)[C@@H]2CC(=O)Nc2ccc(OC)cc2)cc1. The predicted octanol–water partition coefficient (Wildman–Crippen LogP) is 4.42. The lowest BCUT2D eigenvalue weighted by atomic mass is 10.1. The number of methoxy groups -OCH3 is 2. The highest BCUT2D eigenvalue weighted by Gasteiger charge is 2.46. The number of urea groups is 1. The average molecular weight is 488 g/mol. The van der Waals surface area contributed by atoms with Crippen molar-refractivity contribution in [3.63, 3.8) is 0 Å². The van der Waals surface area contributed by atoms with Gasteiger partial charge in [-0.25, -0.2) is 9.69 Å². The summed E-state index contributed by atoms with van der Waals surface area (Å²) < 4.78 is 10.4. The highest BCUT2D eigenvalue weighted by atomic mass is 16.5. The summed E-state index contributed by atoms with van der Waals surface area (Å²) >= 11 is 0. The second-order valence-electron chi connectivity index (χ2n) is 8.58. The maximum absolute atomic E-state index is 13.4. The summed E-state index contributed by atoms with van der Waals surface area (Å²) in [4.78, 5) is 42.4. The van der Waals surface area contributed by atoms with E-state index in [-0.39, 0.29) is 12.3 Å². The molecule has 4 rings (SSSR count). The standard InChI is InChI=1S/C28H29N3O5/c1-19-4-10-22(11-5-19)31-27(33)25(18-26(32)29-21-8-14-24(36-3)15-9-21)30(28(31)34)17-16-20-6-12-23(35-2)13-7-20/h4-15,25H,16-18H2,1-3H3,(H,29,32)/t25-/m0/s1. The van der Waals surface area contributed by atoms with Crippen molar-refractivity contribution in [1.29, 1.82) is 0 Å². The number of carbonyl (C=O) groups excluding carboxylic acids is 3. The van der Waals surface area contributed by atoms with E-state index in [1.165, 1.54) is 9.80 Å². The van der Waals surface area contributed by atoms with Crippen LogP contribution in [0.4, 0.5) is 16.2 Å². The van der Waals surface area contributed by atoms with Crippen molar-refractivity contribution < 1.29 is 23.9 Å². The number of nitrogens with one attached hydrogen (secondary N) is 1. The fourth-order valence-corrected chi connectivity index (χ4v) is 4.12. The van der Waals surface area contributed by atoms with Gasteiger partial charge in [0.15, 0.2) is 0 Å². The molecule has 1 heterocycles. The van der Waals surface area contributed by atoms with Crippen LogP contribution in [0.2, 0.25) is 0 Å². The minimum Gasteiger partial charge on any atom is -0.497 e. The van der Waals surface area contributed by atoms with Crippen molar-refractivity contribution >= 4 is 29.2 Å². The molecule has 186 valence electrons. The zero-order chi connectivity index (χ0) is 25.7. The van der Waals surface area contributed by atoms with Crippen molar-refractivity contribution in [2.75, 3.05) is 31.0 Å². The number of rotatable bonds is 9. The van der Waals surface area contributed by atoms with Gasteiger partial charge in [-0.15, -0.1) is 0 Å². The Hall–Kier alpha value is -4.33. The van der Waals surface area contributed by atoms with Gasteiger partial charge in [0.2, 0.25) is 5.91 Å². The molecule has 4 amide bonds. The Morgan fingerprint density at radius 1 is 0.861 bits per heavy atom. The highest BCUT2D eigenvalue weighted by Crippen LogP contribution is 2.28. The molecule has 1 atom stereocenters. The largest absolute Gasteiger partial charge is 0.497 e. The van der Waals surface area contributed by atoms with E-state index in [4.69, 9.17) is 9.47 Å². The lowest BCUT2D eigenvalue weighted by molar-refractivity contribution is -0.124. The molecule has 1 fully saturated rings. The molecule has 0 aromatic heterocycles. The van der Waals surface area contributed by atoms with E-state index in [1.54, 1.807) is 50.6 Å². The summed E-state index contributed by atoms with van der Waals surface area (Å²) in [5, 5.41) is 2.81. The van der Waals surface area contributed by atoms with E-state index in [2.05, 4.69) is 5.32 Å². The topological polar surface area (TPSA) is 88.2 Å². The predicted molar refractivity (Wildman–Crippen MR) is 137 cm³/mol. The summed E-state index contributed by atoms with van der Waals surface area (Å²) in [6, 6.07) is 20.3. The molecule has 8 nitrogen and oxygen atoms in total. The van der Waals surface area contributed by atoms with Crippen LogP contribution in [0.5, 0.6) is 11.5 Å². The van der Waals surface area contributed by atoms with Crippen LogP contribution in [0.25, 0.3) is 0 Å². The van der Waals surface area contributed by atoms with E-state index < -0.39 is 18.0 Å². The Bertz CT molecular complexity index is 1220. The van der Waals surface area contributed by atoms with Gasteiger partial charge in [0.25, 0.3) is 5.91 Å². The van der Waals surface area contributed by atoms with E-state index in [0.29, 0.717) is 30.1 Å². The van der Waals surface area contributed by atoms with Crippen molar-refractivity contribution in [3.8, 4) is 11.5 Å². The fourth-order valence-electron chi connectivity index (χ4n) is 4.12. The molecule has 3 aromatic carbocycles. The Labute approximate surface area is 210 Å². The summed E-state index contributed by atoms with van der Waals surface area (Å²) in [5.41, 5.74) is 3.08. The lowest BCUT2D eigenvalue weighted by Gasteiger charge is -2.21. The van der Waals surface area contributed by atoms with Gasteiger partial charge in [0.1, 0.15) is 17.5 Å². The molecular formula is C28H29N3O5. The first-order valence-electron chi connectivity index (χ1n) is 11.7. The number of hydrogen-bond donors (Lipinski definition) is 1. The van der Waals surface area contributed by atoms with Crippen molar-refractivity contribution in [3.05, 3.63) is 83.9 Å². The molecule has 8 heteroatoms. The smallest absolute Gasteiger partial charge is 0.332 e. The number of nitrogens with zero attached hydrogens (tertiary/aromatic N) is 2. The molecule has 0 unspecified atom stereocenters. The first kappa shape index (κ1) is 24.8. The monoisotopic (exact) mass is 487 g/mol. The number of benzene rings is 3. The second-order valence-corrected chi connectivity index (χ2v) is 8.58. The van der Waals surface area contributed by atoms with Crippen LogP contribution >= 0.6 is 0 Å². The summed E-state index contributed by atoms with van der Waals surface area (Å²) in [7, 11) is 3.17. The van der Waals surface area contributed by atoms with Gasteiger partial charge < -0.3 is 19.7 Å². The summed E-state index contributed by atoms with van der Waals surface area (Å²) in [6.07, 6.45) is 0.378. The van der Waals surface area contributed by atoms with E-state index >= 15 is 0 Å². The Kier molecular flexibility index (Phi) is 7.53. The molecule has 0 aliphatic carbocycles. The number of imide groups is 1. The van der Waals surface area contributed by atoms with Crippen LogP contribution in [0, 0.1) is 6.92 Å². The maximum Gasteiger partial charge on any atom is 0.332 e. The van der Waals surface area contributed by atoms with Gasteiger partial charge >= 0.3 is 6.03 Å². The van der Waals surface area contributed by atoms with Gasteiger partial charge in [-0.2, -0.15) is 0 Å². The van der Waals surface area contributed by atoms with Crippen molar-refractivity contribution in [2.24, 2.45) is 0 Å². The Morgan fingerprint density at radius 3 is 2.03 bits per heavy atom. The molecule has 0 saturated carbocycles. The fraction of sp³-hybridized carbons (Fsp3) is 0.250. The van der Waals surface area contributed by atoms with Crippen LogP contribution in [-0.2, 0) is 16.0 Å². The van der Waals surface area contributed by atoms with Gasteiger partial charge in [0.05, 0.1) is 26.3 Å². The number of hydrogen-bond acceptors (Lipinski definition) is 5. The van der Waals surface area contributed by atoms with Crippen LogP contribution in [0.15, 0.2) is 72.8 Å². The highest BCUT2D eigenvalue weighted by molar-refractivity contribution is 6.22. The third kappa shape index (κ3) is 5.49. The van der Waals surface area contributed by atoms with E-state index in [9.17, 15) is 14.4 Å². The van der Waals surface area contributed by atoms with Gasteiger partial charge in [0, 0.05) is 12.2 Å². The van der Waals surface area contributed by atoms with Crippen molar-refractivity contribution in [2.45, 2.75) is 25.8 Å². The molecular weight excluding hydrogens is 458 g/mol. The third-order valence-corrected chi connectivity index (χ3v) is 6.16. The quantitative estimate of drug-likeness (QED) is 0.452. The number of aryl methyl sites for hydroxylation is 1. The summed E-state index contributed by atoms with van der Waals surface area (Å²) in [6.45, 7) is 2.23. The van der Waals surface area contributed by atoms with Crippen LogP contribution in [0.3, 0.4) is 0 Å². The zero-order valence-corrected chi connectivity index (χ0v) is 20.6. The molecule has 0 spiro atoms. The van der Waals surface area contributed by atoms with Crippen LogP contribution in [-0.4, -0.2) is 49.6 Å². The molecule has 3 aromatic rings. The third-order valence-electron chi connectivity index (χ3n) is 6.16. The molecule has 1 aliphatic heterocycles. The lowest BCUT2D eigenvalue weighted by Crippen LogP contribution is -2.39. The van der Waals surface area contributed by atoms with E-state index in [0.717, 1.165) is 16.9 Å². The van der Waals surface area contributed by atoms with Gasteiger partial charge in [-0.05, 0) is 67.4 Å². The average Bonchev–Trinajstić information content (AvgIpc) is 3.12. The minimum absolute atomic E-state index is 0.151. The summed E-state index contributed by atoms with van der Waals surface area (Å²) in [5.74, 6) is 0.641. The molecule has 1 saturated heterocycles. The Balaban J connectivity index is 1.53. The normalized spacial score (nSPS) is 15.2. The molecule has 0 bridgehead atoms. The zero-order valence-electron chi connectivity index (χ0n) is 20.6. The van der Waals surface area contributed by atoms with E-state index in [1.807, 2.05) is 43.3 Å². The van der Waals surface area contributed by atoms with Gasteiger partial charge in [-0.3, -0.25) is 9.59 Å². The van der Waals surface area contributed by atoms with Crippen LogP contribution < -0.4 is 19.7 Å². The van der Waals surface area contributed by atoms with Gasteiger partial charge in [-0.1, -0.05) is 29.8 Å². The van der Waals surface area contributed by atoms with Crippen LogP contribution in [0.1, 0.15) is 17.5 Å². The first-order chi connectivity index (χ1) is 17.4. The number of anilines is 2. The molecule has 1 aliphatic rings. The number of amides is 4. The Morgan fingerprint density at radius 2 is 1.44 bits per heavy atom.